The Morgan fingerprint density at radius 2 is 2.18 bits per heavy atom. The Morgan fingerprint density at radius 3 is 2.85 bits per heavy atom. The molecule has 3 aromatic heterocycles. The number of imidazole rings is 1. The molecular weight excluding hydrogens is 422 g/mol. The number of hydrogen-bond donors (Lipinski definition) is 3. The lowest BCUT2D eigenvalue weighted by Gasteiger charge is -2.34. The molecule has 11 heteroatoms. The molecule has 4 rings (SSSR count). The first-order chi connectivity index (χ1) is 15.8. The number of methoxy groups -OCH3 is 1. The zero-order valence-corrected chi connectivity index (χ0v) is 19.7. The molecule has 11 nitrogen and oxygen atoms in total. The summed E-state index contributed by atoms with van der Waals surface area (Å²) in [5.74, 6) is 2.11. The van der Waals surface area contributed by atoms with Gasteiger partial charge in [-0.3, -0.25) is 15.4 Å². The number of morpholine rings is 1. The Kier molecular flexibility index (Phi) is 6.43. The highest BCUT2D eigenvalue weighted by Gasteiger charge is 2.24. The second-order valence-corrected chi connectivity index (χ2v) is 8.29. The van der Waals surface area contributed by atoms with Crippen LogP contribution < -0.4 is 15.7 Å². The SMILES string of the molecule is CNc1nc(-c2nc3cnc(N4CCOC[C@@H]4C)cc3n2[C@@H](C)COC)cn(C(C)=N)c1=N. The Hall–Kier alpha value is -3.31. The molecule has 0 aromatic carbocycles. The lowest BCUT2D eigenvalue weighted by atomic mass is 10.2. The summed E-state index contributed by atoms with van der Waals surface area (Å²) in [7, 11) is 3.39. The van der Waals surface area contributed by atoms with Crippen LogP contribution in [-0.2, 0) is 9.47 Å². The van der Waals surface area contributed by atoms with Gasteiger partial charge in [0.15, 0.2) is 17.1 Å². The van der Waals surface area contributed by atoms with Crippen LogP contribution in [0, 0.1) is 10.8 Å². The number of anilines is 2. The van der Waals surface area contributed by atoms with Crippen LogP contribution in [0.1, 0.15) is 26.8 Å². The van der Waals surface area contributed by atoms with Gasteiger partial charge in [0.05, 0.1) is 43.6 Å². The lowest BCUT2D eigenvalue weighted by Crippen LogP contribution is -2.44. The number of rotatable bonds is 6. The molecule has 1 saturated heterocycles. The minimum atomic E-state index is -0.0302. The van der Waals surface area contributed by atoms with Gasteiger partial charge in [0.1, 0.15) is 22.9 Å². The molecular formula is C22H31N9O2. The maximum atomic E-state index is 8.33. The van der Waals surface area contributed by atoms with Gasteiger partial charge in [0.2, 0.25) is 0 Å². The number of nitrogens with zero attached hydrogens (tertiary/aromatic N) is 6. The molecule has 0 saturated carbocycles. The quantitative estimate of drug-likeness (QED) is 0.385. The first kappa shape index (κ1) is 22.9. The number of fused-ring (bicyclic) bond motifs is 1. The molecule has 2 atom stereocenters. The largest absolute Gasteiger partial charge is 0.383 e. The highest BCUT2D eigenvalue weighted by molar-refractivity contribution is 5.83. The molecule has 3 aromatic rings. The Morgan fingerprint density at radius 1 is 1.39 bits per heavy atom. The average Bonchev–Trinajstić information content (AvgIpc) is 3.18. The van der Waals surface area contributed by atoms with E-state index in [0.717, 1.165) is 23.4 Å². The molecule has 176 valence electrons. The molecule has 1 aliphatic rings. The van der Waals surface area contributed by atoms with Gasteiger partial charge in [-0.25, -0.2) is 15.0 Å². The van der Waals surface area contributed by atoms with Crippen molar-refractivity contribution in [2.24, 2.45) is 0 Å². The fourth-order valence-electron chi connectivity index (χ4n) is 4.20. The molecule has 0 unspecified atom stereocenters. The van der Waals surface area contributed by atoms with Crippen molar-refractivity contribution in [1.82, 2.24) is 24.1 Å². The minimum absolute atomic E-state index is 0.0302. The normalized spacial score (nSPS) is 17.4. The Bertz CT molecular complexity index is 1230. The maximum absolute atomic E-state index is 8.33. The van der Waals surface area contributed by atoms with Crippen molar-refractivity contribution in [3.8, 4) is 11.5 Å². The first-order valence-electron chi connectivity index (χ1n) is 11.0. The molecule has 0 spiro atoms. The predicted octanol–water partition coefficient (Wildman–Crippen LogP) is 2.09. The molecule has 0 radical (unpaired) electrons. The van der Waals surface area contributed by atoms with Gasteiger partial charge in [-0.2, -0.15) is 0 Å². The summed E-state index contributed by atoms with van der Waals surface area (Å²) < 4.78 is 14.6. The second-order valence-electron chi connectivity index (χ2n) is 8.29. The molecule has 4 heterocycles. The van der Waals surface area contributed by atoms with Crippen molar-refractivity contribution in [2.45, 2.75) is 32.9 Å². The molecule has 33 heavy (non-hydrogen) atoms. The maximum Gasteiger partial charge on any atom is 0.173 e. The van der Waals surface area contributed by atoms with Crippen LogP contribution in [0.4, 0.5) is 11.6 Å². The van der Waals surface area contributed by atoms with Gasteiger partial charge in [-0.15, -0.1) is 0 Å². The summed E-state index contributed by atoms with van der Waals surface area (Å²) >= 11 is 0. The van der Waals surface area contributed by atoms with E-state index >= 15 is 0 Å². The highest BCUT2D eigenvalue weighted by Crippen LogP contribution is 2.30. The number of pyridine rings is 1. The number of aromatic nitrogens is 5. The van der Waals surface area contributed by atoms with Crippen molar-refractivity contribution in [3.05, 3.63) is 23.9 Å². The third kappa shape index (κ3) is 4.21. The van der Waals surface area contributed by atoms with Gasteiger partial charge in [0, 0.05) is 33.0 Å². The van der Waals surface area contributed by atoms with Crippen LogP contribution in [0.15, 0.2) is 18.5 Å². The smallest absolute Gasteiger partial charge is 0.173 e. The third-order valence-corrected chi connectivity index (χ3v) is 5.85. The summed E-state index contributed by atoms with van der Waals surface area (Å²) in [5, 5.41) is 19.4. The van der Waals surface area contributed by atoms with Gasteiger partial charge < -0.3 is 24.3 Å². The molecule has 1 aliphatic heterocycles. The van der Waals surface area contributed by atoms with E-state index in [0.29, 0.717) is 37.2 Å². The zero-order valence-electron chi connectivity index (χ0n) is 19.7. The monoisotopic (exact) mass is 453 g/mol. The standard InChI is InChI=1S/C22H31N9O2/c1-13-12-33-7-6-29(13)19-8-18-16(9-26-19)28-22(31(18)14(2)11-32-5)17-10-30(15(3)23)20(24)21(25-4)27-17/h8-10,13-14,23-24H,6-7,11-12H2,1-5H3,(H,25,27)/t13-,14-/m0/s1. The van der Waals surface area contributed by atoms with Gasteiger partial charge >= 0.3 is 0 Å². The van der Waals surface area contributed by atoms with Crippen molar-refractivity contribution in [2.75, 3.05) is 50.7 Å². The van der Waals surface area contributed by atoms with E-state index in [4.69, 9.17) is 25.3 Å². The molecule has 1 fully saturated rings. The van der Waals surface area contributed by atoms with E-state index in [9.17, 15) is 0 Å². The van der Waals surface area contributed by atoms with Gasteiger partial charge in [-0.1, -0.05) is 0 Å². The average molecular weight is 454 g/mol. The number of ether oxygens (including phenoxy) is 2. The van der Waals surface area contributed by atoms with Crippen molar-refractivity contribution < 1.29 is 9.47 Å². The van der Waals surface area contributed by atoms with E-state index in [1.807, 2.05) is 0 Å². The van der Waals surface area contributed by atoms with Crippen molar-refractivity contribution in [3.63, 3.8) is 0 Å². The van der Waals surface area contributed by atoms with Crippen LogP contribution in [0.5, 0.6) is 0 Å². The van der Waals surface area contributed by atoms with Crippen LogP contribution >= 0.6 is 0 Å². The van der Waals surface area contributed by atoms with Crippen LogP contribution in [-0.4, -0.2) is 76.5 Å². The summed E-state index contributed by atoms with van der Waals surface area (Å²) in [4.78, 5) is 16.4. The Balaban J connectivity index is 1.93. The first-order valence-corrected chi connectivity index (χ1v) is 11.0. The fourth-order valence-corrected chi connectivity index (χ4v) is 4.20. The fraction of sp³-hybridized carbons (Fsp3) is 0.500. The van der Waals surface area contributed by atoms with Crippen LogP contribution in [0.2, 0.25) is 0 Å². The van der Waals surface area contributed by atoms with Crippen molar-refractivity contribution in [1.29, 1.82) is 10.8 Å². The van der Waals surface area contributed by atoms with E-state index in [1.54, 1.807) is 33.5 Å². The minimum Gasteiger partial charge on any atom is -0.383 e. The summed E-state index contributed by atoms with van der Waals surface area (Å²) in [6, 6.07) is 2.26. The number of hydrogen-bond acceptors (Lipinski definition) is 9. The van der Waals surface area contributed by atoms with Crippen LogP contribution in [0.25, 0.3) is 22.6 Å². The highest BCUT2D eigenvalue weighted by atomic mass is 16.5. The van der Waals surface area contributed by atoms with E-state index in [2.05, 4.69) is 44.7 Å². The summed E-state index contributed by atoms with van der Waals surface area (Å²) in [6.07, 6.45) is 3.47. The lowest BCUT2D eigenvalue weighted by molar-refractivity contribution is 0.0985. The topological polar surface area (TPSA) is 130 Å². The summed E-state index contributed by atoms with van der Waals surface area (Å²) in [6.45, 7) is 8.45. The summed E-state index contributed by atoms with van der Waals surface area (Å²) in [5.41, 5.74) is 2.35. The third-order valence-electron chi connectivity index (χ3n) is 5.85. The molecule has 3 N–H and O–H groups in total. The van der Waals surface area contributed by atoms with Gasteiger partial charge in [0.25, 0.3) is 0 Å². The molecule has 0 aliphatic carbocycles. The van der Waals surface area contributed by atoms with Crippen molar-refractivity contribution >= 4 is 28.5 Å². The second kappa shape index (κ2) is 9.28. The Labute approximate surface area is 192 Å². The van der Waals surface area contributed by atoms with E-state index in [-0.39, 0.29) is 23.4 Å². The predicted molar refractivity (Wildman–Crippen MR) is 127 cm³/mol. The van der Waals surface area contributed by atoms with E-state index < -0.39 is 0 Å². The van der Waals surface area contributed by atoms with Gasteiger partial charge in [-0.05, 0) is 20.8 Å². The molecule has 0 bridgehead atoms. The zero-order chi connectivity index (χ0) is 23.7. The van der Waals surface area contributed by atoms with E-state index in [1.165, 1.54) is 4.57 Å². The number of nitrogens with one attached hydrogen (secondary N) is 3. The van der Waals surface area contributed by atoms with Crippen LogP contribution in [0.3, 0.4) is 0 Å². The molecule has 0 amide bonds.